The molecule has 1 unspecified atom stereocenters. The third-order valence-corrected chi connectivity index (χ3v) is 8.96. The Balaban J connectivity index is 1.37. The molecule has 4 aliphatic rings. The molecule has 1 nitrogen and oxygen atoms in total. The van der Waals surface area contributed by atoms with Crippen molar-refractivity contribution in [3.05, 3.63) is 42.5 Å². The molecule has 0 N–H and O–H groups in total. The number of benzene rings is 1. The molecule has 5 rings (SSSR count). The molecule has 0 aromatic heterocycles. The first-order valence-electron chi connectivity index (χ1n) is 11.0. The highest BCUT2D eigenvalue weighted by atomic mass is 16.5. The van der Waals surface area contributed by atoms with Crippen LogP contribution in [0.4, 0.5) is 0 Å². The summed E-state index contributed by atoms with van der Waals surface area (Å²) in [5.74, 6) is 4.71. The van der Waals surface area contributed by atoms with Gasteiger partial charge in [-0.2, -0.15) is 0 Å². The van der Waals surface area contributed by atoms with Gasteiger partial charge in [-0.05, 0) is 97.7 Å². The summed E-state index contributed by atoms with van der Waals surface area (Å²) in [5.41, 5.74) is 1.07. The summed E-state index contributed by atoms with van der Waals surface area (Å²) >= 11 is 0. The van der Waals surface area contributed by atoms with E-state index < -0.39 is 0 Å². The zero-order valence-corrected chi connectivity index (χ0v) is 16.5. The summed E-state index contributed by atoms with van der Waals surface area (Å²) in [6.45, 7) is 5.19. The SMILES string of the molecule is C[C@@]12CCC[C@H]1[C@@H]1CC[C@H]3CC(Oc4ccccc4)C=C[C@]3(C)[C@H]1CC2. The minimum absolute atomic E-state index is 0.257. The fourth-order valence-electron chi connectivity index (χ4n) is 7.53. The van der Waals surface area contributed by atoms with Crippen molar-refractivity contribution in [3.63, 3.8) is 0 Å². The van der Waals surface area contributed by atoms with Gasteiger partial charge >= 0.3 is 0 Å². The van der Waals surface area contributed by atoms with Crippen LogP contribution in [0.5, 0.6) is 5.75 Å². The smallest absolute Gasteiger partial charge is 0.120 e. The van der Waals surface area contributed by atoms with Crippen LogP contribution in [-0.4, -0.2) is 6.10 Å². The zero-order valence-electron chi connectivity index (χ0n) is 16.5. The number of rotatable bonds is 2. The average Bonchev–Trinajstić information content (AvgIpc) is 3.05. The lowest BCUT2D eigenvalue weighted by Gasteiger charge is -2.58. The first kappa shape index (κ1) is 16.9. The lowest BCUT2D eigenvalue weighted by molar-refractivity contribution is -0.0746. The molecule has 0 heterocycles. The second kappa shape index (κ2) is 6.14. The van der Waals surface area contributed by atoms with Gasteiger partial charge in [0, 0.05) is 0 Å². The molecule has 0 aliphatic heterocycles. The van der Waals surface area contributed by atoms with E-state index in [-0.39, 0.29) is 6.10 Å². The van der Waals surface area contributed by atoms with E-state index in [4.69, 9.17) is 4.74 Å². The zero-order chi connectivity index (χ0) is 17.8. The summed E-state index contributed by atoms with van der Waals surface area (Å²) in [4.78, 5) is 0. The highest BCUT2D eigenvalue weighted by molar-refractivity contribution is 5.23. The molecular formula is C25H34O. The average molecular weight is 351 g/mol. The summed E-state index contributed by atoms with van der Waals surface area (Å²) in [6.07, 6.45) is 16.7. The van der Waals surface area contributed by atoms with E-state index >= 15 is 0 Å². The second-order valence-electron chi connectivity index (χ2n) is 10.2. The van der Waals surface area contributed by atoms with Crippen molar-refractivity contribution in [1.82, 2.24) is 0 Å². The molecule has 0 amide bonds. The van der Waals surface area contributed by atoms with Crippen LogP contribution in [0.3, 0.4) is 0 Å². The molecule has 0 spiro atoms. The van der Waals surface area contributed by atoms with Gasteiger partial charge in [0.1, 0.15) is 11.9 Å². The van der Waals surface area contributed by atoms with Crippen LogP contribution >= 0.6 is 0 Å². The number of fused-ring (bicyclic) bond motifs is 5. The van der Waals surface area contributed by atoms with E-state index in [1.165, 1.54) is 51.4 Å². The second-order valence-corrected chi connectivity index (χ2v) is 10.2. The predicted molar refractivity (Wildman–Crippen MR) is 107 cm³/mol. The van der Waals surface area contributed by atoms with Gasteiger partial charge in [-0.25, -0.2) is 0 Å². The summed E-state index contributed by atoms with van der Waals surface area (Å²) < 4.78 is 6.28. The third kappa shape index (κ3) is 2.57. The van der Waals surface area contributed by atoms with Crippen LogP contribution < -0.4 is 4.74 Å². The Hall–Kier alpha value is -1.24. The van der Waals surface area contributed by atoms with E-state index in [0.29, 0.717) is 10.8 Å². The number of allylic oxidation sites excluding steroid dienone is 1. The van der Waals surface area contributed by atoms with E-state index in [0.717, 1.165) is 29.4 Å². The predicted octanol–water partition coefficient (Wildman–Crippen LogP) is 6.64. The maximum Gasteiger partial charge on any atom is 0.120 e. The van der Waals surface area contributed by atoms with E-state index in [9.17, 15) is 0 Å². The molecule has 1 heteroatoms. The van der Waals surface area contributed by atoms with Crippen molar-refractivity contribution < 1.29 is 4.74 Å². The fourth-order valence-corrected chi connectivity index (χ4v) is 7.53. The third-order valence-electron chi connectivity index (χ3n) is 8.96. The lowest BCUT2D eigenvalue weighted by Crippen LogP contribution is -2.52. The Morgan fingerprint density at radius 3 is 2.62 bits per heavy atom. The molecule has 0 bridgehead atoms. The minimum atomic E-state index is 0.257. The van der Waals surface area contributed by atoms with Gasteiger partial charge in [-0.15, -0.1) is 0 Å². The molecule has 0 saturated heterocycles. The molecular weight excluding hydrogens is 316 g/mol. The lowest BCUT2D eigenvalue weighted by atomic mass is 9.46. The molecule has 1 aromatic rings. The number of hydrogen-bond acceptors (Lipinski definition) is 1. The highest BCUT2D eigenvalue weighted by Gasteiger charge is 2.57. The molecule has 3 fully saturated rings. The van der Waals surface area contributed by atoms with E-state index in [1.807, 2.05) is 0 Å². The van der Waals surface area contributed by atoms with Gasteiger partial charge in [-0.1, -0.05) is 44.5 Å². The van der Waals surface area contributed by atoms with Gasteiger partial charge in [0.15, 0.2) is 0 Å². The molecule has 140 valence electrons. The first-order chi connectivity index (χ1) is 12.6. The van der Waals surface area contributed by atoms with Crippen LogP contribution in [-0.2, 0) is 0 Å². The van der Waals surface area contributed by atoms with Gasteiger partial charge in [0.2, 0.25) is 0 Å². The molecule has 1 aromatic carbocycles. The summed E-state index contributed by atoms with van der Waals surface area (Å²) in [6, 6.07) is 10.4. The van der Waals surface area contributed by atoms with Crippen molar-refractivity contribution in [2.75, 3.05) is 0 Å². The summed E-state index contributed by atoms with van der Waals surface area (Å²) in [5, 5.41) is 0. The Morgan fingerprint density at radius 2 is 1.77 bits per heavy atom. The molecule has 7 atom stereocenters. The van der Waals surface area contributed by atoms with Crippen molar-refractivity contribution >= 4 is 0 Å². The minimum Gasteiger partial charge on any atom is -0.486 e. The van der Waals surface area contributed by atoms with Crippen LogP contribution in [0.15, 0.2) is 42.5 Å². The monoisotopic (exact) mass is 350 g/mol. The van der Waals surface area contributed by atoms with Crippen molar-refractivity contribution in [2.45, 2.75) is 71.3 Å². The maximum atomic E-state index is 6.28. The van der Waals surface area contributed by atoms with Crippen LogP contribution in [0.2, 0.25) is 0 Å². The summed E-state index contributed by atoms with van der Waals surface area (Å²) in [7, 11) is 0. The number of hydrogen-bond donors (Lipinski definition) is 0. The Bertz CT molecular complexity index is 679. The molecule has 4 aliphatic carbocycles. The van der Waals surface area contributed by atoms with Crippen molar-refractivity contribution in [1.29, 1.82) is 0 Å². The number of ether oxygens (including phenoxy) is 1. The van der Waals surface area contributed by atoms with Crippen LogP contribution in [0.25, 0.3) is 0 Å². The van der Waals surface area contributed by atoms with Crippen LogP contribution in [0, 0.1) is 34.5 Å². The number of para-hydroxylation sites is 1. The van der Waals surface area contributed by atoms with E-state index in [1.54, 1.807) is 0 Å². The Kier molecular flexibility index (Phi) is 3.99. The quantitative estimate of drug-likeness (QED) is 0.543. The van der Waals surface area contributed by atoms with Crippen molar-refractivity contribution in [3.8, 4) is 5.75 Å². The topological polar surface area (TPSA) is 9.23 Å². The van der Waals surface area contributed by atoms with E-state index in [2.05, 4.69) is 56.3 Å². The Morgan fingerprint density at radius 1 is 0.923 bits per heavy atom. The molecule has 0 radical (unpaired) electrons. The normalized spacial score (nSPS) is 46.9. The van der Waals surface area contributed by atoms with Gasteiger partial charge in [-0.3, -0.25) is 0 Å². The largest absolute Gasteiger partial charge is 0.486 e. The van der Waals surface area contributed by atoms with Gasteiger partial charge < -0.3 is 4.74 Å². The van der Waals surface area contributed by atoms with Gasteiger partial charge in [0.25, 0.3) is 0 Å². The van der Waals surface area contributed by atoms with Gasteiger partial charge in [0.05, 0.1) is 0 Å². The molecule has 26 heavy (non-hydrogen) atoms. The highest BCUT2D eigenvalue weighted by Crippen LogP contribution is 2.65. The molecule has 3 saturated carbocycles. The Labute approximate surface area is 159 Å². The fraction of sp³-hybridized carbons (Fsp3) is 0.680. The van der Waals surface area contributed by atoms with Crippen molar-refractivity contribution in [2.24, 2.45) is 34.5 Å². The first-order valence-corrected chi connectivity index (χ1v) is 11.0. The van der Waals surface area contributed by atoms with Crippen LogP contribution in [0.1, 0.15) is 65.2 Å². The standard InChI is InChI=1S/C25H34O/c1-24-14-6-9-22(24)21-11-10-18-17-20(26-19-7-4-3-5-8-19)12-16-25(18,2)23(21)13-15-24/h3-5,7-8,12,16,18,20-23H,6,9-11,13-15,17H2,1-2H3/t18-,20?,21-,22-,23-,24-,25-/m0/s1. The maximum absolute atomic E-state index is 6.28.